The van der Waals surface area contributed by atoms with E-state index >= 15 is 0 Å². The van der Waals surface area contributed by atoms with E-state index in [-0.39, 0.29) is 13.2 Å². The van der Waals surface area contributed by atoms with Gasteiger partial charge in [-0.25, -0.2) is 14.8 Å². The molecule has 0 amide bonds. The number of esters is 1. The van der Waals surface area contributed by atoms with Gasteiger partial charge in [-0.2, -0.15) is 0 Å². The molecule has 2 aromatic rings. The Morgan fingerprint density at radius 2 is 1.96 bits per heavy atom. The molecular weight excluding hydrogens is 324 g/mol. The number of fused-ring (bicyclic) bond motifs is 1. The maximum absolute atomic E-state index is 11.5. The molecule has 1 aromatic carbocycles. The minimum absolute atomic E-state index is 0.231. The molecule has 0 aliphatic rings. The zero-order valence-corrected chi connectivity index (χ0v) is 13.6. The van der Waals surface area contributed by atoms with Crippen molar-refractivity contribution in [3.05, 3.63) is 23.6 Å². The van der Waals surface area contributed by atoms with Crippen LogP contribution in [0.25, 0.3) is 10.9 Å². The average Bonchev–Trinajstić information content (AvgIpc) is 2.54. The lowest BCUT2D eigenvalue weighted by Gasteiger charge is -2.13. The number of ether oxygens (including phenoxy) is 4. The fourth-order valence-corrected chi connectivity index (χ4v) is 2.03. The van der Waals surface area contributed by atoms with Gasteiger partial charge in [0.05, 0.1) is 18.7 Å². The largest absolute Gasteiger partial charge is 0.487 e. The van der Waals surface area contributed by atoms with Crippen molar-refractivity contribution < 1.29 is 23.7 Å². The second-order valence-electron chi connectivity index (χ2n) is 4.42. The van der Waals surface area contributed by atoms with E-state index in [0.717, 1.165) is 0 Å². The van der Waals surface area contributed by atoms with E-state index in [2.05, 4.69) is 9.97 Å². The highest BCUT2D eigenvalue weighted by Crippen LogP contribution is 2.34. The monoisotopic (exact) mass is 340 g/mol. The maximum atomic E-state index is 11.5. The highest BCUT2D eigenvalue weighted by molar-refractivity contribution is 6.34. The van der Waals surface area contributed by atoms with E-state index < -0.39 is 5.97 Å². The van der Waals surface area contributed by atoms with Crippen molar-refractivity contribution in [2.24, 2.45) is 0 Å². The number of hydrogen-bond donors (Lipinski definition) is 0. The molecule has 0 aliphatic heterocycles. The molecule has 8 heteroatoms. The van der Waals surface area contributed by atoms with E-state index in [1.807, 2.05) is 0 Å². The number of carbonyl (C=O) groups excluding carboxylic acids is 1. The minimum atomic E-state index is -0.467. The summed E-state index contributed by atoms with van der Waals surface area (Å²) in [4.78, 5) is 19.5. The van der Waals surface area contributed by atoms with Crippen molar-refractivity contribution >= 4 is 28.5 Å². The van der Waals surface area contributed by atoms with Crippen LogP contribution in [0.5, 0.6) is 11.5 Å². The van der Waals surface area contributed by atoms with E-state index in [1.54, 1.807) is 26.2 Å². The number of rotatable bonds is 8. The topological polar surface area (TPSA) is 79.8 Å². The Labute approximate surface area is 138 Å². The Kier molecular flexibility index (Phi) is 6.37. The summed E-state index contributed by atoms with van der Waals surface area (Å²) in [6.45, 7) is 2.53. The summed E-state index contributed by atoms with van der Waals surface area (Å²) in [7, 11) is 1.58. The summed E-state index contributed by atoms with van der Waals surface area (Å²) in [5.74, 6) is 0.331. The molecule has 0 fully saturated rings. The van der Waals surface area contributed by atoms with Crippen molar-refractivity contribution in [2.75, 3.05) is 33.5 Å². The van der Waals surface area contributed by atoms with Gasteiger partial charge >= 0.3 is 5.97 Å². The third kappa shape index (κ3) is 4.67. The molecule has 0 saturated carbocycles. The van der Waals surface area contributed by atoms with Crippen molar-refractivity contribution in [1.82, 2.24) is 9.97 Å². The lowest BCUT2D eigenvalue weighted by Crippen LogP contribution is -2.15. The van der Waals surface area contributed by atoms with Gasteiger partial charge in [-0.05, 0) is 13.0 Å². The fraction of sp³-hybridized carbons (Fsp3) is 0.400. The molecule has 1 aromatic heterocycles. The van der Waals surface area contributed by atoms with Gasteiger partial charge in [-0.15, -0.1) is 0 Å². The molecule has 0 bridgehead atoms. The highest BCUT2D eigenvalue weighted by atomic mass is 35.5. The first-order valence-corrected chi connectivity index (χ1v) is 7.38. The van der Waals surface area contributed by atoms with Crippen LogP contribution in [0.15, 0.2) is 18.5 Å². The summed E-state index contributed by atoms with van der Waals surface area (Å²) in [5.41, 5.74) is 0.612. The zero-order valence-electron chi connectivity index (χ0n) is 12.9. The quantitative estimate of drug-likeness (QED) is 0.414. The van der Waals surface area contributed by atoms with Crippen LogP contribution in [0, 0.1) is 0 Å². The van der Waals surface area contributed by atoms with Crippen molar-refractivity contribution in [3.63, 3.8) is 0 Å². The molecule has 0 unspecified atom stereocenters. The number of aromatic nitrogens is 2. The molecule has 7 nitrogen and oxygen atoms in total. The van der Waals surface area contributed by atoms with Gasteiger partial charge in [-0.3, -0.25) is 0 Å². The normalized spacial score (nSPS) is 10.6. The van der Waals surface area contributed by atoms with E-state index in [1.165, 1.54) is 6.33 Å². The van der Waals surface area contributed by atoms with Gasteiger partial charge in [0.15, 0.2) is 18.1 Å². The zero-order chi connectivity index (χ0) is 16.7. The van der Waals surface area contributed by atoms with Crippen LogP contribution in [0.4, 0.5) is 0 Å². The second-order valence-corrected chi connectivity index (χ2v) is 4.77. The van der Waals surface area contributed by atoms with Crippen molar-refractivity contribution in [3.8, 4) is 11.5 Å². The first-order chi connectivity index (χ1) is 11.2. The van der Waals surface area contributed by atoms with Crippen LogP contribution in [-0.4, -0.2) is 49.5 Å². The van der Waals surface area contributed by atoms with Crippen LogP contribution >= 0.6 is 11.6 Å². The Bertz CT molecular complexity index is 680. The van der Waals surface area contributed by atoms with Crippen LogP contribution < -0.4 is 9.47 Å². The van der Waals surface area contributed by atoms with Gasteiger partial charge in [0.25, 0.3) is 0 Å². The first kappa shape index (κ1) is 17.2. The summed E-state index contributed by atoms with van der Waals surface area (Å²) in [6.07, 6.45) is 1.36. The van der Waals surface area contributed by atoms with E-state index in [4.69, 9.17) is 30.5 Å². The molecule has 0 spiro atoms. The second kappa shape index (κ2) is 8.50. The van der Waals surface area contributed by atoms with E-state index in [0.29, 0.717) is 40.8 Å². The third-order valence-electron chi connectivity index (χ3n) is 2.85. The molecule has 0 aliphatic carbocycles. The van der Waals surface area contributed by atoms with Gasteiger partial charge in [-0.1, -0.05) is 11.6 Å². The fourth-order valence-electron chi connectivity index (χ4n) is 1.83. The maximum Gasteiger partial charge on any atom is 0.344 e. The Hall–Kier alpha value is -2.12. The minimum Gasteiger partial charge on any atom is -0.487 e. The van der Waals surface area contributed by atoms with Crippen LogP contribution in [0.1, 0.15) is 6.92 Å². The van der Waals surface area contributed by atoms with Crippen LogP contribution in [-0.2, 0) is 14.3 Å². The van der Waals surface area contributed by atoms with Crippen molar-refractivity contribution in [2.45, 2.75) is 6.92 Å². The number of methoxy groups -OCH3 is 1. The lowest BCUT2D eigenvalue weighted by atomic mass is 10.2. The molecule has 0 atom stereocenters. The van der Waals surface area contributed by atoms with Crippen LogP contribution in [0.3, 0.4) is 0 Å². The predicted octanol–water partition coefficient (Wildman–Crippen LogP) is 2.25. The standard InChI is InChI=1S/C15H17ClN2O5/c1-3-21-14(19)8-23-12-6-10-11(17-9-18-15(10)16)7-13(12)22-5-4-20-2/h6-7,9H,3-5,8H2,1-2H3. The summed E-state index contributed by atoms with van der Waals surface area (Å²) < 4.78 is 20.9. The molecule has 1 heterocycles. The van der Waals surface area contributed by atoms with Gasteiger partial charge in [0.1, 0.15) is 18.1 Å². The molecule has 124 valence electrons. The summed E-state index contributed by atoms with van der Waals surface area (Å²) >= 11 is 6.06. The number of benzene rings is 1. The number of halogens is 1. The van der Waals surface area contributed by atoms with Gasteiger partial charge < -0.3 is 18.9 Å². The molecule has 0 saturated heterocycles. The molecule has 0 radical (unpaired) electrons. The number of carbonyl (C=O) groups is 1. The SMILES string of the molecule is CCOC(=O)COc1cc2c(Cl)ncnc2cc1OCCOC. The lowest BCUT2D eigenvalue weighted by molar-refractivity contribution is -0.145. The summed E-state index contributed by atoms with van der Waals surface area (Å²) in [6, 6.07) is 3.32. The predicted molar refractivity (Wildman–Crippen MR) is 84.0 cm³/mol. The smallest absolute Gasteiger partial charge is 0.344 e. The highest BCUT2D eigenvalue weighted by Gasteiger charge is 2.13. The summed E-state index contributed by atoms with van der Waals surface area (Å²) in [5, 5.41) is 0.895. The van der Waals surface area contributed by atoms with Gasteiger partial charge in [0.2, 0.25) is 0 Å². The number of hydrogen-bond acceptors (Lipinski definition) is 7. The van der Waals surface area contributed by atoms with Crippen LogP contribution in [0.2, 0.25) is 5.15 Å². The Balaban J connectivity index is 2.27. The Morgan fingerprint density at radius 3 is 2.70 bits per heavy atom. The molecule has 2 rings (SSSR count). The third-order valence-corrected chi connectivity index (χ3v) is 3.15. The van der Waals surface area contributed by atoms with E-state index in [9.17, 15) is 4.79 Å². The molecular formula is C15H17ClN2O5. The van der Waals surface area contributed by atoms with Gasteiger partial charge in [0, 0.05) is 18.6 Å². The Morgan fingerprint density at radius 1 is 1.17 bits per heavy atom. The molecule has 0 N–H and O–H groups in total. The molecule has 23 heavy (non-hydrogen) atoms. The number of nitrogens with zero attached hydrogens (tertiary/aromatic N) is 2. The van der Waals surface area contributed by atoms with Crippen molar-refractivity contribution in [1.29, 1.82) is 0 Å². The average molecular weight is 341 g/mol. The first-order valence-electron chi connectivity index (χ1n) is 7.00.